The van der Waals surface area contributed by atoms with E-state index in [0.717, 1.165) is 67.8 Å². The summed E-state index contributed by atoms with van der Waals surface area (Å²) in [6, 6.07) is 16.8. The molecule has 6 heteroatoms. The van der Waals surface area contributed by atoms with Crippen molar-refractivity contribution < 1.29 is 14.3 Å². The van der Waals surface area contributed by atoms with E-state index in [9.17, 15) is 4.79 Å². The number of rotatable bonds is 12. The van der Waals surface area contributed by atoms with Crippen molar-refractivity contribution in [2.75, 3.05) is 20.1 Å². The molecule has 40 heavy (non-hydrogen) atoms. The minimum atomic E-state index is -0.414. The van der Waals surface area contributed by atoms with E-state index >= 15 is 0 Å². The predicted molar refractivity (Wildman–Crippen MR) is 161 cm³/mol. The maximum Gasteiger partial charge on any atom is 0.308 e. The van der Waals surface area contributed by atoms with Crippen LogP contribution in [0, 0.1) is 17.8 Å². The van der Waals surface area contributed by atoms with E-state index in [-0.39, 0.29) is 23.9 Å². The molecule has 6 rings (SSSR count). The van der Waals surface area contributed by atoms with Crippen molar-refractivity contribution >= 4 is 22.6 Å². The van der Waals surface area contributed by atoms with Crippen molar-refractivity contribution in [1.82, 2.24) is 14.9 Å². The van der Waals surface area contributed by atoms with Gasteiger partial charge in [-0.1, -0.05) is 56.3 Å². The number of carbonyl (C=O) groups is 1. The van der Waals surface area contributed by atoms with Gasteiger partial charge in [-0.25, -0.2) is 4.98 Å². The van der Waals surface area contributed by atoms with Gasteiger partial charge in [0.05, 0.1) is 17.5 Å². The van der Waals surface area contributed by atoms with Gasteiger partial charge in [-0.3, -0.25) is 4.79 Å². The average Bonchev–Trinajstić information content (AvgIpc) is 3.36. The summed E-state index contributed by atoms with van der Waals surface area (Å²) in [6.07, 6.45) is 8.46. The topological polar surface area (TPSA) is 67.4 Å². The van der Waals surface area contributed by atoms with Gasteiger partial charge in [0.25, 0.3) is 0 Å². The maximum absolute atomic E-state index is 12.9. The van der Waals surface area contributed by atoms with Crippen molar-refractivity contribution in [3.8, 4) is 5.75 Å². The predicted octanol–water partition coefficient (Wildman–Crippen LogP) is 7.06. The second kappa shape index (κ2) is 12.2. The lowest BCUT2D eigenvalue weighted by atomic mass is 9.60. The van der Waals surface area contributed by atoms with Crippen molar-refractivity contribution in [1.29, 1.82) is 0 Å². The largest absolute Gasteiger partial charge is 0.489 e. The number of esters is 1. The van der Waals surface area contributed by atoms with Crippen LogP contribution in [-0.4, -0.2) is 52.7 Å². The van der Waals surface area contributed by atoms with E-state index in [1.807, 2.05) is 39.8 Å². The normalized spacial score (nSPS) is 22.4. The van der Waals surface area contributed by atoms with Crippen molar-refractivity contribution in [3.05, 3.63) is 66.0 Å². The molecule has 3 aromatic rings. The van der Waals surface area contributed by atoms with E-state index in [1.54, 1.807) is 0 Å². The summed E-state index contributed by atoms with van der Waals surface area (Å²) in [5.41, 5.74) is 4.26. The summed E-state index contributed by atoms with van der Waals surface area (Å²) in [5.74, 6) is 2.34. The number of aromatic nitrogens is 2. The number of nitrogens with one attached hydrogen (secondary N) is 1. The minimum Gasteiger partial charge on any atom is -0.489 e. The second-order valence-corrected chi connectivity index (χ2v) is 12.4. The zero-order chi connectivity index (χ0) is 28.3. The Labute approximate surface area is 239 Å². The average molecular weight is 544 g/mol. The SMILES string of the molecule is CC(C)Oc1cccc2[nH]c(CCCN(C)CC[C@@]3(OC(=O)C(C)C)C[C@@H]4CC[C@H]3C=C4c3ccccc3)nc12. The Hall–Kier alpha value is -3.12. The van der Waals surface area contributed by atoms with Crippen LogP contribution in [0.15, 0.2) is 54.6 Å². The lowest BCUT2D eigenvalue weighted by Gasteiger charge is -2.50. The highest BCUT2D eigenvalue weighted by Gasteiger charge is 2.50. The third-order valence-corrected chi connectivity index (χ3v) is 8.55. The Morgan fingerprint density at radius 3 is 2.58 bits per heavy atom. The van der Waals surface area contributed by atoms with Crippen molar-refractivity contribution in [2.45, 2.75) is 77.9 Å². The Kier molecular flexibility index (Phi) is 8.65. The quantitative estimate of drug-likeness (QED) is 0.248. The molecule has 2 aromatic carbocycles. The maximum atomic E-state index is 12.9. The van der Waals surface area contributed by atoms with E-state index in [4.69, 9.17) is 14.5 Å². The molecule has 3 aliphatic carbocycles. The summed E-state index contributed by atoms with van der Waals surface area (Å²) in [4.78, 5) is 23.6. The molecular weight excluding hydrogens is 498 g/mol. The number of carbonyl (C=O) groups excluding carboxylic acids is 1. The second-order valence-electron chi connectivity index (χ2n) is 12.4. The molecule has 1 aromatic heterocycles. The third kappa shape index (κ3) is 6.27. The number of imidazole rings is 1. The summed E-state index contributed by atoms with van der Waals surface area (Å²) >= 11 is 0. The highest BCUT2D eigenvalue weighted by Crippen LogP contribution is 2.53. The minimum absolute atomic E-state index is 0.0736. The zero-order valence-corrected chi connectivity index (χ0v) is 24.8. The summed E-state index contributed by atoms with van der Waals surface area (Å²) in [6.45, 7) is 9.80. The molecular formula is C34H45N3O3. The smallest absolute Gasteiger partial charge is 0.308 e. The number of hydrogen-bond donors (Lipinski definition) is 1. The number of ether oxygens (including phenoxy) is 2. The van der Waals surface area contributed by atoms with Crippen LogP contribution in [0.2, 0.25) is 0 Å². The number of nitrogens with zero attached hydrogens (tertiary/aromatic N) is 2. The standard InChI is InChI=1S/C34H45N3O3/c1-23(2)33(38)40-34(22-26-16-17-27(34)21-28(26)25-11-7-6-8-12-25)18-20-37(5)19-10-15-31-35-29-13-9-14-30(32(29)36-31)39-24(3)4/h6-9,11-14,21,23-24,26-27H,10,15-20,22H2,1-5H3,(H,35,36)/t26-,27-,34+/m0/s1. The van der Waals surface area contributed by atoms with E-state index in [1.165, 1.54) is 17.6 Å². The molecule has 1 fully saturated rings. The van der Waals surface area contributed by atoms with Gasteiger partial charge in [0, 0.05) is 25.3 Å². The van der Waals surface area contributed by atoms with E-state index < -0.39 is 5.60 Å². The lowest BCUT2D eigenvalue weighted by molar-refractivity contribution is -0.176. The van der Waals surface area contributed by atoms with E-state index in [2.05, 4.69) is 59.4 Å². The number of H-pyrrole nitrogens is 1. The molecule has 0 unspecified atom stereocenters. The molecule has 0 spiro atoms. The first kappa shape index (κ1) is 28.4. The molecule has 1 N–H and O–H groups in total. The first-order valence-electron chi connectivity index (χ1n) is 15.1. The molecule has 1 heterocycles. The fraction of sp³-hybridized carbons (Fsp3) is 0.529. The van der Waals surface area contributed by atoms with Gasteiger partial charge in [-0.2, -0.15) is 0 Å². The van der Waals surface area contributed by atoms with Gasteiger partial charge < -0.3 is 19.4 Å². The van der Waals surface area contributed by atoms with Crippen LogP contribution >= 0.6 is 0 Å². The third-order valence-electron chi connectivity index (χ3n) is 8.55. The molecule has 214 valence electrons. The van der Waals surface area contributed by atoms with Gasteiger partial charge in [0.1, 0.15) is 22.7 Å². The number of aryl methyl sites for hydroxylation is 1. The molecule has 6 nitrogen and oxygen atoms in total. The van der Waals surface area contributed by atoms with Gasteiger partial charge in [-0.15, -0.1) is 0 Å². The first-order valence-corrected chi connectivity index (χ1v) is 15.1. The number of benzene rings is 2. The number of hydrogen-bond acceptors (Lipinski definition) is 5. The Balaban J connectivity index is 1.22. The van der Waals surface area contributed by atoms with Crippen LogP contribution in [-0.2, 0) is 16.0 Å². The first-order chi connectivity index (χ1) is 19.2. The van der Waals surface area contributed by atoms with Crippen LogP contribution in [0.4, 0.5) is 0 Å². The molecule has 0 radical (unpaired) electrons. The Morgan fingerprint density at radius 2 is 1.88 bits per heavy atom. The Bertz CT molecular complexity index is 1330. The van der Waals surface area contributed by atoms with Gasteiger partial charge in [-0.05, 0) is 82.3 Å². The molecule has 0 amide bonds. The van der Waals surface area contributed by atoms with Gasteiger partial charge in [0.2, 0.25) is 0 Å². The van der Waals surface area contributed by atoms with E-state index in [0.29, 0.717) is 5.92 Å². The molecule has 0 saturated heterocycles. The highest BCUT2D eigenvalue weighted by molar-refractivity contribution is 5.81. The van der Waals surface area contributed by atoms with Crippen LogP contribution in [0.1, 0.15) is 71.2 Å². The van der Waals surface area contributed by atoms with Gasteiger partial charge >= 0.3 is 5.97 Å². The highest BCUT2D eigenvalue weighted by atomic mass is 16.6. The number of fused-ring (bicyclic) bond motifs is 3. The molecule has 3 atom stereocenters. The van der Waals surface area contributed by atoms with Crippen LogP contribution < -0.4 is 4.74 Å². The molecule has 1 saturated carbocycles. The zero-order valence-electron chi connectivity index (χ0n) is 24.8. The molecule has 3 aliphatic rings. The van der Waals surface area contributed by atoms with Crippen molar-refractivity contribution in [2.24, 2.45) is 17.8 Å². The lowest BCUT2D eigenvalue weighted by Crippen LogP contribution is -2.51. The number of allylic oxidation sites excluding steroid dienone is 1. The summed E-state index contributed by atoms with van der Waals surface area (Å²) < 4.78 is 12.4. The van der Waals surface area contributed by atoms with Crippen LogP contribution in [0.3, 0.4) is 0 Å². The summed E-state index contributed by atoms with van der Waals surface area (Å²) in [5, 5.41) is 0. The van der Waals surface area contributed by atoms with Crippen LogP contribution in [0.5, 0.6) is 5.75 Å². The Morgan fingerprint density at radius 1 is 1.07 bits per heavy atom. The summed E-state index contributed by atoms with van der Waals surface area (Å²) in [7, 11) is 2.18. The number of para-hydroxylation sites is 1. The fourth-order valence-corrected chi connectivity index (χ4v) is 6.44. The van der Waals surface area contributed by atoms with Gasteiger partial charge in [0.15, 0.2) is 0 Å². The molecule has 0 aliphatic heterocycles. The fourth-order valence-electron chi connectivity index (χ4n) is 6.44. The van der Waals surface area contributed by atoms with Crippen molar-refractivity contribution in [3.63, 3.8) is 0 Å². The monoisotopic (exact) mass is 543 g/mol. The number of aromatic amines is 1. The van der Waals surface area contributed by atoms with Crippen LogP contribution in [0.25, 0.3) is 16.6 Å². The molecule has 2 bridgehead atoms.